The average Bonchev–Trinajstić information content (AvgIpc) is 3.41. The lowest BCUT2D eigenvalue weighted by Crippen LogP contribution is -2.14. The van der Waals surface area contributed by atoms with E-state index in [1.54, 1.807) is 42.6 Å². The first-order valence-electron chi connectivity index (χ1n) is 8.70. The number of aromatic nitrogens is 3. The lowest BCUT2D eigenvalue weighted by atomic mass is 10.1. The maximum Gasteiger partial charge on any atom is 0.283 e. The second-order valence-corrected chi connectivity index (χ2v) is 6.32. The summed E-state index contributed by atoms with van der Waals surface area (Å²) in [6.45, 7) is 2.26. The predicted octanol–water partition coefficient (Wildman–Crippen LogP) is 4.70. The van der Waals surface area contributed by atoms with Crippen molar-refractivity contribution in [2.45, 2.75) is 6.92 Å². The van der Waals surface area contributed by atoms with Crippen LogP contribution in [0.1, 0.15) is 17.3 Å². The van der Waals surface area contributed by atoms with Gasteiger partial charge in [0, 0.05) is 11.2 Å². The second-order valence-electron chi connectivity index (χ2n) is 5.88. The zero-order valence-electron chi connectivity index (χ0n) is 15.3. The number of nitrogens with zero attached hydrogens (tertiary/aromatic N) is 3. The molecule has 3 heterocycles. The maximum atomic E-state index is 12.7. The molecule has 0 saturated carbocycles. The van der Waals surface area contributed by atoms with Gasteiger partial charge in [0.05, 0.1) is 35.9 Å². The van der Waals surface area contributed by atoms with E-state index < -0.39 is 0 Å². The Hall–Kier alpha value is -3.65. The molecule has 0 fully saturated rings. The number of anilines is 1. The van der Waals surface area contributed by atoms with Gasteiger partial charge in [-0.25, -0.2) is 0 Å². The number of carbonyl (C=O) groups excluding carboxylic acids is 1. The van der Waals surface area contributed by atoms with E-state index in [0.717, 1.165) is 0 Å². The topological polar surface area (TPSA) is 103 Å². The third kappa shape index (κ3) is 4.12. The molecule has 1 aromatic carbocycles. The maximum absolute atomic E-state index is 12.7. The SMILES string of the molecule is CCOc1ccc(Cl)cc1C(=O)Nc1cncc(-c2nnc(-c3ccco3)o2)c1. The molecule has 0 unspecified atom stereocenters. The van der Waals surface area contributed by atoms with Gasteiger partial charge in [0.25, 0.3) is 11.8 Å². The summed E-state index contributed by atoms with van der Waals surface area (Å²) in [5, 5.41) is 11.2. The van der Waals surface area contributed by atoms with E-state index >= 15 is 0 Å². The van der Waals surface area contributed by atoms with Crippen LogP contribution in [0.4, 0.5) is 5.69 Å². The molecule has 0 atom stereocenters. The highest BCUT2D eigenvalue weighted by molar-refractivity contribution is 6.31. The van der Waals surface area contributed by atoms with E-state index in [0.29, 0.717) is 40.0 Å². The minimum Gasteiger partial charge on any atom is -0.493 e. The summed E-state index contributed by atoms with van der Waals surface area (Å²) in [5.74, 6) is 1.03. The Balaban J connectivity index is 1.57. The number of halogens is 1. The molecule has 0 aliphatic rings. The molecule has 0 bridgehead atoms. The fourth-order valence-electron chi connectivity index (χ4n) is 2.62. The van der Waals surface area contributed by atoms with Gasteiger partial charge in [0.1, 0.15) is 5.75 Å². The van der Waals surface area contributed by atoms with Gasteiger partial charge in [-0.05, 0) is 43.3 Å². The highest BCUT2D eigenvalue weighted by atomic mass is 35.5. The van der Waals surface area contributed by atoms with Gasteiger partial charge in [-0.3, -0.25) is 9.78 Å². The number of benzene rings is 1. The molecule has 9 heteroatoms. The van der Waals surface area contributed by atoms with Crippen LogP contribution < -0.4 is 10.1 Å². The van der Waals surface area contributed by atoms with E-state index in [1.807, 2.05) is 6.92 Å². The number of nitrogens with one attached hydrogen (secondary N) is 1. The molecule has 146 valence electrons. The molecule has 8 nitrogen and oxygen atoms in total. The summed E-state index contributed by atoms with van der Waals surface area (Å²) >= 11 is 6.03. The van der Waals surface area contributed by atoms with Gasteiger partial charge in [-0.2, -0.15) is 0 Å². The van der Waals surface area contributed by atoms with E-state index in [2.05, 4.69) is 20.5 Å². The minimum absolute atomic E-state index is 0.248. The van der Waals surface area contributed by atoms with Crippen LogP contribution >= 0.6 is 11.6 Å². The molecule has 1 N–H and O–H groups in total. The molecule has 0 aliphatic carbocycles. The third-order valence-corrected chi connectivity index (χ3v) is 4.12. The summed E-state index contributed by atoms with van der Waals surface area (Å²) < 4.78 is 16.4. The number of furan rings is 1. The number of amides is 1. The van der Waals surface area contributed by atoms with Crippen molar-refractivity contribution in [1.82, 2.24) is 15.2 Å². The Morgan fingerprint density at radius 3 is 2.83 bits per heavy atom. The van der Waals surface area contributed by atoms with Gasteiger partial charge in [-0.15, -0.1) is 10.2 Å². The normalized spacial score (nSPS) is 10.7. The zero-order valence-corrected chi connectivity index (χ0v) is 16.0. The lowest BCUT2D eigenvalue weighted by molar-refractivity contribution is 0.102. The molecule has 0 radical (unpaired) electrons. The Morgan fingerprint density at radius 1 is 1.17 bits per heavy atom. The van der Waals surface area contributed by atoms with Crippen LogP contribution in [-0.2, 0) is 0 Å². The van der Waals surface area contributed by atoms with Crippen molar-refractivity contribution in [2.24, 2.45) is 0 Å². The number of ether oxygens (including phenoxy) is 1. The van der Waals surface area contributed by atoms with Crippen molar-refractivity contribution in [1.29, 1.82) is 0 Å². The molecule has 0 saturated heterocycles. The van der Waals surface area contributed by atoms with Crippen LogP contribution in [0.2, 0.25) is 5.02 Å². The summed E-state index contributed by atoms with van der Waals surface area (Å²) in [6.07, 6.45) is 4.58. The molecule has 0 aliphatic heterocycles. The van der Waals surface area contributed by atoms with Crippen molar-refractivity contribution in [3.8, 4) is 28.9 Å². The van der Waals surface area contributed by atoms with Gasteiger partial charge < -0.3 is 18.9 Å². The van der Waals surface area contributed by atoms with Crippen molar-refractivity contribution in [3.05, 3.63) is 65.6 Å². The van der Waals surface area contributed by atoms with E-state index in [-0.39, 0.29) is 17.7 Å². The summed E-state index contributed by atoms with van der Waals surface area (Å²) in [5.41, 5.74) is 1.32. The van der Waals surface area contributed by atoms with Gasteiger partial charge >= 0.3 is 0 Å². The third-order valence-electron chi connectivity index (χ3n) is 3.89. The molecule has 1 amide bonds. The van der Waals surface area contributed by atoms with Crippen LogP contribution in [0.3, 0.4) is 0 Å². The average molecular weight is 411 g/mol. The van der Waals surface area contributed by atoms with Gasteiger partial charge in [0.15, 0.2) is 5.76 Å². The number of pyridine rings is 1. The van der Waals surface area contributed by atoms with Crippen molar-refractivity contribution in [2.75, 3.05) is 11.9 Å². The Labute approximate surface area is 170 Å². The van der Waals surface area contributed by atoms with Crippen LogP contribution in [0.15, 0.2) is 63.9 Å². The first-order chi connectivity index (χ1) is 14.1. The number of rotatable bonds is 6. The smallest absolute Gasteiger partial charge is 0.283 e. The molecule has 3 aromatic heterocycles. The fraction of sp³-hybridized carbons (Fsp3) is 0.100. The quantitative estimate of drug-likeness (QED) is 0.491. The standard InChI is InChI=1S/C20H15ClN4O4/c1-2-27-16-6-5-13(21)9-15(16)18(26)23-14-8-12(10-22-11-14)19-24-25-20(29-19)17-4-3-7-28-17/h3-11H,2H2,1H3,(H,23,26). The van der Waals surface area contributed by atoms with Crippen molar-refractivity contribution >= 4 is 23.2 Å². The zero-order chi connectivity index (χ0) is 20.2. The molecule has 0 spiro atoms. The fourth-order valence-corrected chi connectivity index (χ4v) is 2.80. The lowest BCUT2D eigenvalue weighted by Gasteiger charge is -2.11. The van der Waals surface area contributed by atoms with E-state index in [4.69, 9.17) is 25.2 Å². The second kappa shape index (κ2) is 8.15. The number of carbonyl (C=O) groups is 1. The summed E-state index contributed by atoms with van der Waals surface area (Å²) in [4.78, 5) is 16.9. The first kappa shape index (κ1) is 18.7. The van der Waals surface area contributed by atoms with Crippen LogP contribution in [-0.4, -0.2) is 27.7 Å². The van der Waals surface area contributed by atoms with E-state index in [1.165, 1.54) is 12.5 Å². The van der Waals surface area contributed by atoms with Gasteiger partial charge in [0.2, 0.25) is 5.89 Å². The van der Waals surface area contributed by atoms with E-state index in [9.17, 15) is 4.79 Å². The highest BCUT2D eigenvalue weighted by Crippen LogP contribution is 2.27. The number of hydrogen-bond acceptors (Lipinski definition) is 7. The van der Waals surface area contributed by atoms with Gasteiger partial charge in [-0.1, -0.05) is 11.6 Å². The molecular weight excluding hydrogens is 396 g/mol. The largest absolute Gasteiger partial charge is 0.493 e. The highest BCUT2D eigenvalue weighted by Gasteiger charge is 2.16. The van der Waals surface area contributed by atoms with Crippen LogP contribution in [0.25, 0.3) is 23.1 Å². The predicted molar refractivity (Wildman–Crippen MR) is 106 cm³/mol. The minimum atomic E-state index is -0.378. The number of hydrogen-bond donors (Lipinski definition) is 1. The Bertz CT molecular complexity index is 1140. The molecule has 29 heavy (non-hydrogen) atoms. The molecule has 4 rings (SSSR count). The van der Waals surface area contributed by atoms with Crippen molar-refractivity contribution in [3.63, 3.8) is 0 Å². The Kier molecular flexibility index (Phi) is 5.26. The monoisotopic (exact) mass is 410 g/mol. The molecule has 4 aromatic rings. The van der Waals surface area contributed by atoms with Crippen molar-refractivity contribution < 1.29 is 18.4 Å². The summed E-state index contributed by atoms with van der Waals surface area (Å²) in [7, 11) is 0. The Morgan fingerprint density at radius 2 is 2.03 bits per heavy atom. The first-order valence-corrected chi connectivity index (χ1v) is 9.08. The molecular formula is C20H15ClN4O4. The van der Waals surface area contributed by atoms with Crippen LogP contribution in [0.5, 0.6) is 5.75 Å². The summed E-state index contributed by atoms with van der Waals surface area (Å²) in [6, 6.07) is 9.99. The van der Waals surface area contributed by atoms with Crippen LogP contribution in [0, 0.1) is 0 Å².